The van der Waals surface area contributed by atoms with E-state index in [0.29, 0.717) is 24.3 Å². The van der Waals surface area contributed by atoms with E-state index < -0.39 is 5.54 Å². The summed E-state index contributed by atoms with van der Waals surface area (Å²) in [5, 5.41) is 19.4. The lowest BCUT2D eigenvalue weighted by atomic mass is 10.1. The van der Waals surface area contributed by atoms with E-state index in [1.807, 2.05) is 26.8 Å². The summed E-state index contributed by atoms with van der Waals surface area (Å²) in [6, 6.07) is 3.68. The van der Waals surface area contributed by atoms with Gasteiger partial charge in [-0.2, -0.15) is 10.4 Å². The number of fused-ring (bicyclic) bond motifs is 1. The molecule has 2 aromatic rings. The van der Waals surface area contributed by atoms with Crippen molar-refractivity contribution in [2.24, 2.45) is 0 Å². The number of halogens is 1. The van der Waals surface area contributed by atoms with Crippen LogP contribution in [0, 0.1) is 18.3 Å². The topological polar surface area (TPSA) is 115 Å². The molecule has 0 radical (unpaired) electrons. The van der Waals surface area contributed by atoms with Crippen LogP contribution in [0.25, 0.3) is 5.65 Å². The first-order chi connectivity index (χ1) is 13.3. The van der Waals surface area contributed by atoms with Crippen LogP contribution < -0.4 is 10.6 Å². The highest BCUT2D eigenvalue weighted by Crippen LogP contribution is 2.16. The number of nitrogens with one attached hydrogen (secondary N) is 2. The highest BCUT2D eigenvalue weighted by molar-refractivity contribution is 5.93. The Morgan fingerprint density at radius 3 is 2.90 bits per heavy atom. The van der Waals surface area contributed by atoms with E-state index in [-0.39, 0.29) is 36.8 Å². The number of likely N-dealkylation sites (tertiary alicyclic amines) is 1. The van der Waals surface area contributed by atoms with Crippen molar-refractivity contribution >= 4 is 29.9 Å². The summed E-state index contributed by atoms with van der Waals surface area (Å²) in [6.07, 6.45) is 4.75. The number of aromatic nitrogens is 3. The van der Waals surface area contributed by atoms with Crippen molar-refractivity contribution in [3.63, 3.8) is 0 Å². The van der Waals surface area contributed by atoms with Gasteiger partial charge in [-0.15, -0.1) is 12.4 Å². The third-order valence-electron chi connectivity index (χ3n) is 4.83. The molecule has 2 amide bonds. The van der Waals surface area contributed by atoms with Crippen molar-refractivity contribution in [2.45, 2.75) is 45.2 Å². The summed E-state index contributed by atoms with van der Waals surface area (Å²) in [6.45, 7) is 6.76. The van der Waals surface area contributed by atoms with E-state index in [2.05, 4.69) is 26.8 Å². The molecule has 3 heterocycles. The van der Waals surface area contributed by atoms with Crippen LogP contribution in [-0.4, -0.2) is 62.5 Å². The maximum absolute atomic E-state index is 12.4. The van der Waals surface area contributed by atoms with Gasteiger partial charge in [-0.05, 0) is 33.6 Å². The molecule has 0 spiro atoms. The maximum atomic E-state index is 12.4. The standard InChI is InChI=1S/C19H25N7O2.ClH/c1-13-7-16-21-9-14(11-26(16)24-13)18(28)22-12-19(2,3)23-10-17(27)25-6-4-5-15(25)8-20;/h7,9,11,15,23H,4-6,10,12H2,1-3H3,(H,22,28);1H/t15-;/m1./s1. The van der Waals surface area contributed by atoms with Gasteiger partial charge in [0.2, 0.25) is 5.91 Å². The Kier molecular flexibility index (Phi) is 7.16. The van der Waals surface area contributed by atoms with Gasteiger partial charge in [0.05, 0.1) is 23.9 Å². The smallest absolute Gasteiger partial charge is 0.254 e. The van der Waals surface area contributed by atoms with Crippen LogP contribution in [0.4, 0.5) is 0 Å². The van der Waals surface area contributed by atoms with E-state index in [1.54, 1.807) is 15.6 Å². The van der Waals surface area contributed by atoms with Crippen LogP contribution in [0.5, 0.6) is 0 Å². The summed E-state index contributed by atoms with van der Waals surface area (Å²) in [5.41, 5.74) is 1.44. The third kappa shape index (κ3) is 5.43. The van der Waals surface area contributed by atoms with Crippen LogP contribution in [0.3, 0.4) is 0 Å². The molecule has 3 rings (SSSR count). The Labute approximate surface area is 175 Å². The maximum Gasteiger partial charge on any atom is 0.254 e. The van der Waals surface area contributed by atoms with Crippen molar-refractivity contribution in [1.82, 2.24) is 30.1 Å². The Bertz CT molecular complexity index is 934. The number of nitriles is 1. The normalized spacial score (nSPS) is 16.3. The van der Waals surface area contributed by atoms with Crippen molar-refractivity contribution in [3.05, 3.63) is 29.7 Å². The Morgan fingerprint density at radius 1 is 1.41 bits per heavy atom. The van der Waals surface area contributed by atoms with E-state index in [0.717, 1.165) is 18.5 Å². The number of aryl methyl sites for hydroxylation is 1. The third-order valence-corrected chi connectivity index (χ3v) is 4.83. The van der Waals surface area contributed by atoms with Gasteiger partial charge in [0.25, 0.3) is 5.91 Å². The molecule has 10 heteroatoms. The molecular formula is C19H26ClN7O2. The highest BCUT2D eigenvalue weighted by Gasteiger charge is 2.29. The fourth-order valence-electron chi connectivity index (χ4n) is 3.19. The second-order valence-corrected chi connectivity index (χ2v) is 7.73. The van der Waals surface area contributed by atoms with Crippen LogP contribution in [0.1, 0.15) is 42.7 Å². The monoisotopic (exact) mass is 419 g/mol. The molecule has 2 N–H and O–H groups in total. The first-order valence-corrected chi connectivity index (χ1v) is 9.33. The molecule has 9 nitrogen and oxygen atoms in total. The zero-order valence-corrected chi connectivity index (χ0v) is 17.6. The molecule has 29 heavy (non-hydrogen) atoms. The second kappa shape index (κ2) is 9.20. The van der Waals surface area contributed by atoms with E-state index >= 15 is 0 Å². The SMILES string of the molecule is Cc1cc2ncc(C(=O)NCC(C)(C)NCC(=O)N3CCC[C@@H]3C#N)cn2n1.Cl. The van der Waals surface area contributed by atoms with E-state index in [1.165, 1.54) is 6.20 Å². The largest absolute Gasteiger partial charge is 0.350 e. The van der Waals surface area contributed by atoms with Crippen LogP contribution in [0.2, 0.25) is 0 Å². The van der Waals surface area contributed by atoms with Crippen molar-refractivity contribution in [3.8, 4) is 6.07 Å². The van der Waals surface area contributed by atoms with E-state index in [4.69, 9.17) is 5.26 Å². The summed E-state index contributed by atoms with van der Waals surface area (Å²) < 4.78 is 1.58. The molecule has 1 aliphatic rings. The van der Waals surface area contributed by atoms with E-state index in [9.17, 15) is 9.59 Å². The molecule has 0 unspecified atom stereocenters. The van der Waals surface area contributed by atoms with Gasteiger partial charge in [0.1, 0.15) is 6.04 Å². The minimum Gasteiger partial charge on any atom is -0.350 e. The van der Waals surface area contributed by atoms with Gasteiger partial charge in [0, 0.05) is 37.1 Å². The number of carbonyl (C=O) groups excluding carboxylic acids is 2. The molecule has 1 fully saturated rings. The molecule has 156 valence electrons. The first kappa shape index (κ1) is 22.6. The second-order valence-electron chi connectivity index (χ2n) is 7.73. The highest BCUT2D eigenvalue weighted by atomic mass is 35.5. The Morgan fingerprint density at radius 2 is 2.17 bits per heavy atom. The molecule has 0 aliphatic carbocycles. The van der Waals surface area contributed by atoms with Crippen LogP contribution in [0.15, 0.2) is 18.5 Å². The number of hydrogen-bond acceptors (Lipinski definition) is 6. The fraction of sp³-hybridized carbons (Fsp3) is 0.526. The fourth-order valence-corrected chi connectivity index (χ4v) is 3.19. The van der Waals surface area contributed by atoms with Gasteiger partial charge >= 0.3 is 0 Å². The lowest BCUT2D eigenvalue weighted by Gasteiger charge is -2.28. The average molecular weight is 420 g/mol. The van der Waals surface area contributed by atoms with Gasteiger partial charge in [-0.25, -0.2) is 9.50 Å². The number of carbonyl (C=O) groups is 2. The molecule has 1 aliphatic heterocycles. The molecule has 1 atom stereocenters. The number of amides is 2. The van der Waals surface area contributed by atoms with Crippen molar-refractivity contribution in [1.29, 1.82) is 5.26 Å². The Hall–Kier alpha value is -2.70. The quantitative estimate of drug-likeness (QED) is 0.723. The van der Waals surface area contributed by atoms with Crippen LogP contribution in [-0.2, 0) is 4.79 Å². The van der Waals surface area contributed by atoms with Gasteiger partial charge in [0.15, 0.2) is 5.65 Å². The molecule has 0 aromatic carbocycles. The first-order valence-electron chi connectivity index (χ1n) is 9.33. The van der Waals surface area contributed by atoms with Crippen molar-refractivity contribution in [2.75, 3.05) is 19.6 Å². The lowest BCUT2D eigenvalue weighted by Crippen LogP contribution is -2.52. The Balaban J connectivity index is 0.00000300. The predicted octanol–water partition coefficient (Wildman–Crippen LogP) is 1.07. The minimum absolute atomic E-state index is 0. The number of rotatable bonds is 6. The predicted molar refractivity (Wildman–Crippen MR) is 110 cm³/mol. The summed E-state index contributed by atoms with van der Waals surface area (Å²) in [7, 11) is 0. The van der Waals surface area contributed by atoms with Gasteiger partial charge < -0.3 is 15.5 Å². The molecule has 1 saturated heterocycles. The van der Waals surface area contributed by atoms with Gasteiger partial charge in [-0.1, -0.05) is 0 Å². The minimum atomic E-state index is -0.493. The lowest BCUT2D eigenvalue weighted by molar-refractivity contribution is -0.130. The number of nitrogens with zero attached hydrogens (tertiary/aromatic N) is 5. The zero-order chi connectivity index (χ0) is 20.3. The molecule has 2 aromatic heterocycles. The summed E-state index contributed by atoms with van der Waals surface area (Å²) in [4.78, 5) is 30.6. The van der Waals surface area contributed by atoms with Gasteiger partial charge in [-0.3, -0.25) is 9.59 Å². The zero-order valence-electron chi connectivity index (χ0n) is 16.8. The average Bonchev–Trinajstić information content (AvgIpc) is 3.28. The summed E-state index contributed by atoms with van der Waals surface area (Å²) in [5.74, 6) is -0.347. The molecule has 0 bridgehead atoms. The molecule has 0 saturated carbocycles. The van der Waals surface area contributed by atoms with Crippen molar-refractivity contribution < 1.29 is 9.59 Å². The number of hydrogen-bond donors (Lipinski definition) is 2. The molecular weight excluding hydrogens is 394 g/mol. The summed E-state index contributed by atoms with van der Waals surface area (Å²) >= 11 is 0. The van der Waals surface area contributed by atoms with Crippen LogP contribution >= 0.6 is 12.4 Å².